The van der Waals surface area contributed by atoms with Crippen LogP contribution in [0, 0.1) is 5.82 Å². The molecule has 3 aromatic carbocycles. The lowest BCUT2D eigenvalue weighted by atomic mass is 10.0. The standard InChI is InChI=1S/C27H23ClF5NS/c1-2-35-23-7-3-17(4-8-23)11-19-12-20-14-22(34(10-9-29)26(20)16-25(19)30)13-18-5-6-21(28)15-24(18)27(31,32)33/h3-8,12,14-16H,2,9-11,13H2,1H3. The lowest BCUT2D eigenvalue weighted by Gasteiger charge is -2.15. The largest absolute Gasteiger partial charge is 0.416 e. The predicted octanol–water partition coefficient (Wildman–Crippen LogP) is 8.72. The number of aryl methyl sites for hydroxylation is 1. The molecule has 0 aliphatic rings. The SMILES string of the molecule is CCSc1ccc(Cc2cc3cc(Cc4ccc(Cl)cc4C(F)(F)F)n(CCF)c3cc2F)cc1. The summed E-state index contributed by atoms with van der Waals surface area (Å²) in [4.78, 5) is 1.14. The third-order valence-electron chi connectivity index (χ3n) is 5.84. The van der Waals surface area contributed by atoms with Crippen LogP contribution in [0.25, 0.3) is 10.9 Å². The maximum absolute atomic E-state index is 15.1. The monoisotopic (exact) mass is 523 g/mol. The molecule has 0 saturated carbocycles. The van der Waals surface area contributed by atoms with E-state index in [9.17, 15) is 17.6 Å². The van der Waals surface area contributed by atoms with Gasteiger partial charge in [0.25, 0.3) is 0 Å². The van der Waals surface area contributed by atoms with Crippen molar-refractivity contribution in [3.05, 3.63) is 99.5 Å². The van der Waals surface area contributed by atoms with E-state index in [0.29, 0.717) is 28.6 Å². The molecule has 1 heterocycles. The van der Waals surface area contributed by atoms with Gasteiger partial charge in [-0.3, -0.25) is 0 Å². The van der Waals surface area contributed by atoms with E-state index in [-0.39, 0.29) is 23.6 Å². The fourth-order valence-electron chi connectivity index (χ4n) is 4.27. The number of thioether (sulfide) groups is 1. The quantitative estimate of drug-likeness (QED) is 0.165. The number of halogens is 6. The van der Waals surface area contributed by atoms with E-state index in [1.807, 2.05) is 24.3 Å². The summed E-state index contributed by atoms with van der Waals surface area (Å²) in [6.45, 7) is 1.27. The van der Waals surface area contributed by atoms with Gasteiger partial charge in [0.05, 0.1) is 17.6 Å². The topological polar surface area (TPSA) is 4.93 Å². The zero-order valence-corrected chi connectivity index (χ0v) is 20.5. The molecule has 35 heavy (non-hydrogen) atoms. The number of alkyl halides is 4. The van der Waals surface area contributed by atoms with Crippen LogP contribution in [0.2, 0.25) is 5.02 Å². The summed E-state index contributed by atoms with van der Waals surface area (Å²) in [7, 11) is 0. The average Bonchev–Trinajstić information content (AvgIpc) is 3.12. The highest BCUT2D eigenvalue weighted by atomic mass is 35.5. The number of nitrogens with zero attached hydrogens (tertiary/aromatic N) is 1. The highest BCUT2D eigenvalue weighted by molar-refractivity contribution is 7.99. The lowest BCUT2D eigenvalue weighted by molar-refractivity contribution is -0.138. The Kier molecular flexibility index (Phi) is 7.77. The number of fused-ring (bicyclic) bond motifs is 1. The first-order valence-corrected chi connectivity index (χ1v) is 12.5. The summed E-state index contributed by atoms with van der Waals surface area (Å²) in [5, 5.41) is 0.643. The van der Waals surface area contributed by atoms with Gasteiger partial charge in [-0.25, -0.2) is 8.78 Å². The van der Waals surface area contributed by atoms with E-state index in [1.165, 1.54) is 18.2 Å². The van der Waals surface area contributed by atoms with Crippen LogP contribution in [-0.4, -0.2) is 17.0 Å². The van der Waals surface area contributed by atoms with Crippen molar-refractivity contribution >= 4 is 34.3 Å². The molecule has 8 heteroatoms. The summed E-state index contributed by atoms with van der Waals surface area (Å²) >= 11 is 7.52. The molecule has 0 unspecified atom stereocenters. The van der Waals surface area contributed by atoms with Crippen LogP contribution >= 0.6 is 23.4 Å². The second-order valence-electron chi connectivity index (χ2n) is 8.21. The van der Waals surface area contributed by atoms with Crippen LogP contribution < -0.4 is 0 Å². The minimum atomic E-state index is -4.58. The Balaban J connectivity index is 1.71. The fourth-order valence-corrected chi connectivity index (χ4v) is 5.10. The second kappa shape index (κ2) is 10.6. The number of rotatable bonds is 8. The van der Waals surface area contributed by atoms with Crippen LogP contribution in [0.5, 0.6) is 0 Å². The molecule has 0 amide bonds. The summed E-state index contributed by atoms with van der Waals surface area (Å²) < 4.78 is 70.7. The van der Waals surface area contributed by atoms with E-state index < -0.39 is 24.2 Å². The van der Waals surface area contributed by atoms with E-state index in [0.717, 1.165) is 22.3 Å². The lowest BCUT2D eigenvalue weighted by Crippen LogP contribution is -2.11. The highest BCUT2D eigenvalue weighted by Crippen LogP contribution is 2.36. The molecule has 1 nitrogen and oxygen atoms in total. The molecule has 0 saturated heterocycles. The normalized spacial score (nSPS) is 12.0. The van der Waals surface area contributed by atoms with Crippen molar-refractivity contribution in [2.24, 2.45) is 0 Å². The fraction of sp³-hybridized carbons (Fsp3) is 0.259. The molecule has 4 rings (SSSR count). The van der Waals surface area contributed by atoms with E-state index in [2.05, 4.69) is 6.92 Å². The smallest absolute Gasteiger partial charge is 0.342 e. The number of hydrogen-bond acceptors (Lipinski definition) is 1. The summed E-state index contributed by atoms with van der Waals surface area (Å²) in [5.74, 6) is 0.528. The molecule has 0 fully saturated rings. The Morgan fingerprint density at radius 1 is 0.914 bits per heavy atom. The van der Waals surface area contributed by atoms with Crippen molar-refractivity contribution in [1.29, 1.82) is 0 Å². The Bertz CT molecular complexity index is 1330. The molecular weight excluding hydrogens is 501 g/mol. The predicted molar refractivity (Wildman–Crippen MR) is 133 cm³/mol. The Hall–Kier alpha value is -2.51. The molecule has 0 aliphatic heterocycles. The molecule has 0 radical (unpaired) electrons. The minimum absolute atomic E-state index is 0.0154. The molecule has 0 atom stereocenters. The third kappa shape index (κ3) is 5.84. The molecule has 0 bridgehead atoms. The first kappa shape index (κ1) is 25.6. The van der Waals surface area contributed by atoms with Gasteiger partial charge >= 0.3 is 6.18 Å². The van der Waals surface area contributed by atoms with Gasteiger partial charge in [-0.1, -0.05) is 36.7 Å². The van der Waals surface area contributed by atoms with Crippen molar-refractivity contribution < 1.29 is 22.0 Å². The van der Waals surface area contributed by atoms with Gasteiger partial charge in [0.2, 0.25) is 0 Å². The molecule has 4 aromatic rings. The maximum Gasteiger partial charge on any atom is 0.416 e. The maximum atomic E-state index is 15.1. The summed E-state index contributed by atoms with van der Waals surface area (Å²) in [5.41, 5.74) is 1.54. The van der Waals surface area contributed by atoms with Gasteiger partial charge in [-0.05, 0) is 64.9 Å². The van der Waals surface area contributed by atoms with Gasteiger partial charge in [-0.2, -0.15) is 13.2 Å². The van der Waals surface area contributed by atoms with Crippen molar-refractivity contribution in [3.8, 4) is 0 Å². The van der Waals surface area contributed by atoms with E-state index in [4.69, 9.17) is 11.6 Å². The number of hydrogen-bond donors (Lipinski definition) is 0. The first-order chi connectivity index (χ1) is 16.7. The molecule has 1 aromatic heterocycles. The van der Waals surface area contributed by atoms with Gasteiger partial charge in [0.1, 0.15) is 12.5 Å². The van der Waals surface area contributed by atoms with Gasteiger partial charge in [-0.15, -0.1) is 11.8 Å². The highest BCUT2D eigenvalue weighted by Gasteiger charge is 2.33. The molecule has 184 valence electrons. The van der Waals surface area contributed by atoms with Crippen LogP contribution in [0.15, 0.2) is 65.6 Å². The van der Waals surface area contributed by atoms with E-state index in [1.54, 1.807) is 28.5 Å². The minimum Gasteiger partial charge on any atom is -0.342 e. The van der Waals surface area contributed by atoms with Crippen LogP contribution in [0.3, 0.4) is 0 Å². The van der Waals surface area contributed by atoms with Crippen molar-refractivity contribution in [2.75, 3.05) is 12.4 Å². The Labute approximate surface area is 209 Å². The van der Waals surface area contributed by atoms with Gasteiger partial charge in [0, 0.05) is 33.8 Å². The van der Waals surface area contributed by atoms with Gasteiger partial charge < -0.3 is 4.57 Å². The zero-order valence-electron chi connectivity index (χ0n) is 18.9. The van der Waals surface area contributed by atoms with Crippen molar-refractivity contribution in [3.63, 3.8) is 0 Å². The van der Waals surface area contributed by atoms with Crippen LogP contribution in [0.1, 0.15) is 34.9 Å². The molecule has 0 aliphatic carbocycles. The number of benzene rings is 3. The summed E-state index contributed by atoms with van der Waals surface area (Å²) in [6, 6.07) is 16.3. The Morgan fingerprint density at radius 3 is 2.31 bits per heavy atom. The zero-order chi connectivity index (χ0) is 25.2. The first-order valence-electron chi connectivity index (χ1n) is 11.1. The van der Waals surface area contributed by atoms with Crippen molar-refractivity contribution in [1.82, 2.24) is 4.57 Å². The van der Waals surface area contributed by atoms with Crippen molar-refractivity contribution in [2.45, 2.75) is 37.4 Å². The molecule has 0 spiro atoms. The van der Waals surface area contributed by atoms with Gasteiger partial charge in [0.15, 0.2) is 0 Å². The third-order valence-corrected chi connectivity index (χ3v) is 6.97. The van der Waals surface area contributed by atoms with Crippen LogP contribution in [-0.2, 0) is 25.6 Å². The van der Waals surface area contributed by atoms with Crippen LogP contribution in [0.4, 0.5) is 22.0 Å². The van der Waals surface area contributed by atoms with E-state index >= 15 is 4.39 Å². The molecule has 0 N–H and O–H groups in total. The summed E-state index contributed by atoms with van der Waals surface area (Å²) in [6.07, 6.45) is -4.30. The second-order valence-corrected chi connectivity index (χ2v) is 9.98. The number of aromatic nitrogens is 1. The molecular formula is C27H23ClF5NS. The Morgan fingerprint density at radius 2 is 1.66 bits per heavy atom. The average molecular weight is 524 g/mol.